The van der Waals surface area contributed by atoms with Crippen molar-refractivity contribution in [1.82, 2.24) is 56.1 Å². The number of carboxylic acid groups (broad SMARTS) is 3. The van der Waals surface area contributed by atoms with Gasteiger partial charge in [-0.2, -0.15) is 5.26 Å². The van der Waals surface area contributed by atoms with Crippen molar-refractivity contribution in [3.8, 4) is 11.8 Å². The number of hydrogen-bond donors (Lipinski definition) is 8. The molecule has 2 aliphatic rings. The number of carbonyl (C=O) groups excluding carboxylic acids is 6. The molecular weight excluding hydrogens is 1060 g/mol. The molecule has 81 heavy (non-hydrogen) atoms. The lowest BCUT2D eigenvalue weighted by Gasteiger charge is -2.32. The first-order chi connectivity index (χ1) is 38.7. The smallest absolute Gasteiger partial charge is 0.317 e. The van der Waals surface area contributed by atoms with Crippen molar-refractivity contribution < 1.29 is 72.0 Å². The molecule has 0 bridgehead atoms. The number of ether oxygens (including phenoxy) is 1. The Morgan fingerprint density at radius 3 is 1.89 bits per heavy atom. The third-order valence-electron chi connectivity index (χ3n) is 13.5. The zero-order valence-electron chi connectivity index (χ0n) is 45.3. The van der Waals surface area contributed by atoms with Crippen LogP contribution in [0.4, 0.5) is 8.78 Å². The number of likely N-dealkylation sites (tertiary alicyclic amines) is 1. The summed E-state index contributed by atoms with van der Waals surface area (Å²) < 4.78 is 33.7. The molecule has 27 heteroatoms. The fraction of sp³-hybridized carbons (Fsp3) is 0.537. The number of carboxylic acids is 3. The number of rotatable bonds is 28. The van der Waals surface area contributed by atoms with E-state index in [1.54, 1.807) is 25.7 Å². The fourth-order valence-corrected chi connectivity index (χ4v) is 9.17. The summed E-state index contributed by atoms with van der Waals surface area (Å²) in [6.07, 6.45) is 3.00. The van der Waals surface area contributed by atoms with Gasteiger partial charge in [-0.05, 0) is 68.9 Å². The van der Waals surface area contributed by atoms with Crippen LogP contribution in [0, 0.1) is 18.3 Å². The summed E-state index contributed by atoms with van der Waals surface area (Å²) in [5.74, 6) is -9.74. The average molecular weight is 1140 g/mol. The van der Waals surface area contributed by atoms with Gasteiger partial charge >= 0.3 is 17.9 Å². The number of aromatic nitrogens is 1. The highest BCUT2D eigenvalue weighted by Crippen LogP contribution is 2.31. The van der Waals surface area contributed by atoms with E-state index in [0.29, 0.717) is 24.8 Å². The number of halogens is 2. The molecule has 1 aromatic heterocycles. The first-order valence-corrected chi connectivity index (χ1v) is 26.7. The number of alkyl halides is 2. The molecule has 2 aliphatic heterocycles. The minimum Gasteiger partial charge on any atom is -0.484 e. The lowest BCUT2D eigenvalue weighted by molar-refractivity contribution is -0.140. The Balaban J connectivity index is 1.16. The number of nitrogens with zero attached hydrogens (tertiary/aromatic N) is 7. The minimum absolute atomic E-state index is 0.0487. The molecular formula is C54H72F2N12O13. The lowest BCUT2D eigenvalue weighted by Crippen LogP contribution is -2.50. The summed E-state index contributed by atoms with van der Waals surface area (Å²) >= 11 is 0. The summed E-state index contributed by atoms with van der Waals surface area (Å²) in [6.45, 7) is 0.962. The predicted molar refractivity (Wildman–Crippen MR) is 288 cm³/mol. The molecule has 6 amide bonds. The van der Waals surface area contributed by atoms with E-state index in [-0.39, 0.29) is 140 Å². The van der Waals surface area contributed by atoms with Crippen molar-refractivity contribution in [2.75, 3.05) is 118 Å². The van der Waals surface area contributed by atoms with Crippen LogP contribution >= 0.6 is 0 Å². The van der Waals surface area contributed by atoms with Gasteiger partial charge in [0.1, 0.15) is 17.8 Å². The Labute approximate surface area is 467 Å². The van der Waals surface area contributed by atoms with Gasteiger partial charge < -0.3 is 51.5 Å². The van der Waals surface area contributed by atoms with Gasteiger partial charge in [-0.15, -0.1) is 0 Å². The second-order valence-corrected chi connectivity index (χ2v) is 20.0. The number of aryl methyl sites for hydroxylation is 2. The van der Waals surface area contributed by atoms with Crippen LogP contribution in [0.1, 0.15) is 60.0 Å². The van der Waals surface area contributed by atoms with Gasteiger partial charge in [0.15, 0.2) is 6.61 Å². The van der Waals surface area contributed by atoms with E-state index in [2.05, 4.69) is 31.6 Å². The average Bonchev–Trinajstić information content (AvgIpc) is 3.83. The summed E-state index contributed by atoms with van der Waals surface area (Å²) in [5.41, 5.74) is 2.65. The summed E-state index contributed by atoms with van der Waals surface area (Å²) in [5, 5.41) is 51.6. The predicted octanol–water partition coefficient (Wildman–Crippen LogP) is -0.0864. The molecule has 0 radical (unpaired) electrons. The topological polar surface area (TPSA) is 337 Å². The maximum absolute atomic E-state index is 14.0. The normalized spacial score (nSPS) is 16.9. The number of aliphatic carboxylic acids is 3. The van der Waals surface area contributed by atoms with Gasteiger partial charge in [0, 0.05) is 96.4 Å². The molecule has 2 fully saturated rings. The SMILES string of the molecule is Cc1ccc(CCCC(=O)NCCNC(=O)C(CCCCNC(=O)CN2CCN(CC(=O)O)CCN(CC(=O)O)CCN(CC(=O)O)CC2)NC(=O)COc2ccc3nccc(C(=O)NCC(=O)N4CC(F)(F)CC4C#N)c3c2)cc1. The summed E-state index contributed by atoms with van der Waals surface area (Å²) in [6, 6.07) is 13.1. The third kappa shape index (κ3) is 23.0. The van der Waals surface area contributed by atoms with Crippen LogP contribution in [-0.4, -0.2) is 234 Å². The molecule has 2 atom stereocenters. The second kappa shape index (κ2) is 32.4. The molecule has 0 aliphatic carbocycles. The number of hydrogen-bond acceptors (Lipinski definition) is 16. The van der Waals surface area contributed by atoms with Crippen molar-refractivity contribution in [1.29, 1.82) is 5.26 Å². The van der Waals surface area contributed by atoms with E-state index in [9.17, 15) is 72.5 Å². The molecule has 5 rings (SSSR count). The van der Waals surface area contributed by atoms with Crippen LogP contribution in [0.25, 0.3) is 10.9 Å². The number of fused-ring (bicyclic) bond motifs is 1. The number of unbranched alkanes of at least 4 members (excludes halogenated alkanes) is 1. The number of carbonyl (C=O) groups is 9. The Hall–Kier alpha value is -7.93. The Bertz CT molecular complexity index is 2680. The molecule has 3 heterocycles. The van der Waals surface area contributed by atoms with Gasteiger partial charge in [0.2, 0.25) is 23.6 Å². The van der Waals surface area contributed by atoms with Gasteiger partial charge in [-0.25, -0.2) is 8.78 Å². The maximum Gasteiger partial charge on any atom is 0.317 e. The Morgan fingerprint density at radius 1 is 0.716 bits per heavy atom. The van der Waals surface area contributed by atoms with Crippen LogP contribution in [0.2, 0.25) is 0 Å². The van der Waals surface area contributed by atoms with E-state index in [4.69, 9.17) is 4.74 Å². The van der Waals surface area contributed by atoms with Crippen molar-refractivity contribution in [3.05, 3.63) is 71.4 Å². The van der Waals surface area contributed by atoms with E-state index in [0.717, 1.165) is 22.4 Å². The molecule has 2 aromatic carbocycles. The second-order valence-electron chi connectivity index (χ2n) is 20.0. The Kier molecular flexibility index (Phi) is 25.5. The van der Waals surface area contributed by atoms with E-state index in [1.807, 2.05) is 31.2 Å². The highest BCUT2D eigenvalue weighted by molar-refractivity contribution is 6.07. The standard InChI is InChI=1S/C54H72F2N12O13/c1-37-8-10-38(11-9-37)5-4-7-45(69)60-17-18-61-53(80)44(6-2-3-15-59-46(70)31-64-19-21-65(32-49(73)74)23-25-67(34-51(77)78)26-24-66(22-20-64)33-50(75)76)63-47(71)35-81-40-12-13-43-42(27-40)41(14-16-58-43)52(79)62-30-48(72)68-36-54(55,56)28-39(68)29-57/h8-14,16,27,39,44H,2-7,15,17-26,28,30-36H2,1H3,(H,59,70)(H,60,69)(H,61,80)(H,62,79)(H,63,71)(H,73,74)(H,75,76)(H,77,78). The fourth-order valence-electron chi connectivity index (χ4n) is 9.17. The molecule has 25 nitrogen and oxygen atoms in total. The number of benzene rings is 2. The van der Waals surface area contributed by atoms with Crippen LogP contribution < -0.4 is 31.3 Å². The van der Waals surface area contributed by atoms with Gasteiger partial charge in [-0.3, -0.25) is 67.7 Å². The molecule has 440 valence electrons. The quantitative estimate of drug-likeness (QED) is 0.0441. The van der Waals surface area contributed by atoms with Gasteiger partial charge in [0.25, 0.3) is 17.7 Å². The number of nitriles is 1. The maximum atomic E-state index is 14.0. The van der Waals surface area contributed by atoms with Crippen LogP contribution in [-0.2, 0) is 44.8 Å². The number of amides is 6. The summed E-state index contributed by atoms with van der Waals surface area (Å²) in [7, 11) is 0. The Morgan fingerprint density at radius 2 is 1.30 bits per heavy atom. The largest absolute Gasteiger partial charge is 0.484 e. The van der Waals surface area contributed by atoms with Crippen LogP contribution in [0.15, 0.2) is 54.7 Å². The minimum atomic E-state index is -3.24. The summed E-state index contributed by atoms with van der Waals surface area (Å²) in [4.78, 5) is 126. The number of pyridine rings is 1. The molecule has 2 saturated heterocycles. The first-order valence-electron chi connectivity index (χ1n) is 26.7. The van der Waals surface area contributed by atoms with Gasteiger partial charge in [-0.1, -0.05) is 29.8 Å². The van der Waals surface area contributed by atoms with Crippen molar-refractivity contribution in [2.24, 2.45) is 0 Å². The van der Waals surface area contributed by atoms with Crippen molar-refractivity contribution >= 4 is 64.3 Å². The lowest BCUT2D eigenvalue weighted by atomic mass is 10.1. The molecule has 3 aromatic rings. The highest BCUT2D eigenvalue weighted by Gasteiger charge is 2.47. The highest BCUT2D eigenvalue weighted by atomic mass is 19.3. The molecule has 2 unspecified atom stereocenters. The monoisotopic (exact) mass is 1130 g/mol. The van der Waals surface area contributed by atoms with Crippen molar-refractivity contribution in [3.63, 3.8) is 0 Å². The van der Waals surface area contributed by atoms with Crippen LogP contribution in [0.5, 0.6) is 5.75 Å². The van der Waals surface area contributed by atoms with E-state index >= 15 is 0 Å². The molecule has 0 spiro atoms. The van der Waals surface area contributed by atoms with E-state index < -0.39 is 85.7 Å². The third-order valence-corrected chi connectivity index (χ3v) is 13.5. The zero-order valence-corrected chi connectivity index (χ0v) is 45.3. The van der Waals surface area contributed by atoms with Crippen molar-refractivity contribution in [2.45, 2.75) is 69.9 Å². The first kappa shape index (κ1) is 63.9. The molecule has 8 N–H and O–H groups in total. The zero-order chi connectivity index (χ0) is 58.9. The number of nitrogens with one attached hydrogen (secondary N) is 5. The van der Waals surface area contributed by atoms with E-state index in [1.165, 1.54) is 30.5 Å². The molecule has 0 saturated carbocycles. The van der Waals surface area contributed by atoms with Gasteiger partial charge in [0.05, 0.1) is 56.4 Å². The van der Waals surface area contributed by atoms with Crippen LogP contribution in [0.3, 0.4) is 0 Å².